The van der Waals surface area contributed by atoms with Crippen LogP contribution in [0.5, 0.6) is 17.2 Å². The van der Waals surface area contributed by atoms with Crippen molar-refractivity contribution in [2.45, 2.75) is 33.1 Å². The Hall–Kier alpha value is -3.60. The van der Waals surface area contributed by atoms with E-state index in [1.807, 2.05) is 68.4 Å². The molecule has 5 heteroatoms. The zero-order chi connectivity index (χ0) is 21.5. The van der Waals surface area contributed by atoms with Gasteiger partial charge in [-0.3, -0.25) is 4.98 Å². The van der Waals surface area contributed by atoms with Gasteiger partial charge in [-0.25, -0.2) is 4.79 Å². The van der Waals surface area contributed by atoms with Crippen LogP contribution in [-0.4, -0.2) is 21.2 Å². The lowest BCUT2D eigenvalue weighted by Gasteiger charge is -2.15. The number of aromatic hydroxyl groups is 1. The first-order chi connectivity index (χ1) is 14.5. The van der Waals surface area contributed by atoms with Gasteiger partial charge in [-0.2, -0.15) is 0 Å². The zero-order valence-corrected chi connectivity index (χ0v) is 17.1. The number of ether oxygens (including phenoxy) is 1. The van der Waals surface area contributed by atoms with Gasteiger partial charge in [0.15, 0.2) is 0 Å². The van der Waals surface area contributed by atoms with E-state index in [-0.39, 0.29) is 5.75 Å². The summed E-state index contributed by atoms with van der Waals surface area (Å²) in [6.45, 7) is 3.86. The van der Waals surface area contributed by atoms with E-state index in [4.69, 9.17) is 9.84 Å². The summed E-state index contributed by atoms with van der Waals surface area (Å²) in [6.07, 6.45) is 4.46. The van der Waals surface area contributed by atoms with Crippen LogP contribution in [0.25, 0.3) is 6.08 Å². The number of carboxylic acids is 1. The normalized spacial score (nSPS) is 11.0. The molecule has 154 valence electrons. The van der Waals surface area contributed by atoms with Crippen LogP contribution >= 0.6 is 0 Å². The van der Waals surface area contributed by atoms with Crippen molar-refractivity contribution in [2.24, 2.45) is 0 Å². The van der Waals surface area contributed by atoms with E-state index < -0.39 is 5.97 Å². The standard InChI is InChI=1S/C25H25NO4/c1-3-8-22-25(29)21(13-14-24(27)28)17(2)23(26-22)16-18-9-7-12-20(15-18)30-19-10-5-4-6-11-19/h4-7,9-15,29H,3,8,16H2,1-2H3,(H,27,28)/b14-13+. The van der Waals surface area contributed by atoms with Gasteiger partial charge in [0.1, 0.15) is 17.2 Å². The van der Waals surface area contributed by atoms with Crippen molar-refractivity contribution in [1.82, 2.24) is 4.98 Å². The molecule has 5 nitrogen and oxygen atoms in total. The SMILES string of the molecule is CCCc1nc(Cc2cccc(Oc3ccccc3)c2)c(C)c(/C=C/C(=O)O)c1O. The summed E-state index contributed by atoms with van der Waals surface area (Å²) in [5.41, 5.74) is 3.67. The van der Waals surface area contributed by atoms with E-state index in [2.05, 4.69) is 4.98 Å². The monoisotopic (exact) mass is 403 g/mol. The number of hydrogen-bond donors (Lipinski definition) is 2. The third-order valence-corrected chi connectivity index (χ3v) is 4.76. The van der Waals surface area contributed by atoms with E-state index in [1.54, 1.807) is 0 Å². The molecule has 0 atom stereocenters. The summed E-state index contributed by atoms with van der Waals surface area (Å²) in [6, 6.07) is 17.4. The second-order valence-corrected chi connectivity index (χ2v) is 7.05. The second kappa shape index (κ2) is 9.74. The summed E-state index contributed by atoms with van der Waals surface area (Å²) in [5, 5.41) is 19.6. The molecule has 3 rings (SSSR count). The Kier molecular flexibility index (Phi) is 6.86. The van der Waals surface area contributed by atoms with Gasteiger partial charge in [0, 0.05) is 23.8 Å². The molecule has 0 aliphatic carbocycles. The number of carbonyl (C=O) groups is 1. The molecule has 0 saturated carbocycles. The Morgan fingerprint density at radius 1 is 1.07 bits per heavy atom. The first-order valence-corrected chi connectivity index (χ1v) is 9.92. The lowest BCUT2D eigenvalue weighted by molar-refractivity contribution is -0.131. The molecule has 30 heavy (non-hydrogen) atoms. The van der Waals surface area contributed by atoms with E-state index in [9.17, 15) is 9.90 Å². The van der Waals surface area contributed by atoms with E-state index in [0.29, 0.717) is 24.1 Å². The number of aliphatic carboxylic acids is 1. The van der Waals surface area contributed by atoms with Crippen molar-refractivity contribution >= 4 is 12.0 Å². The number of para-hydroxylation sites is 1. The van der Waals surface area contributed by atoms with Crippen molar-refractivity contribution in [3.05, 3.63) is 88.8 Å². The minimum absolute atomic E-state index is 0.0526. The minimum Gasteiger partial charge on any atom is -0.505 e. The molecule has 3 aromatic rings. The van der Waals surface area contributed by atoms with Gasteiger partial charge < -0.3 is 14.9 Å². The summed E-state index contributed by atoms with van der Waals surface area (Å²) >= 11 is 0. The number of aromatic nitrogens is 1. The van der Waals surface area contributed by atoms with Crippen LogP contribution < -0.4 is 4.74 Å². The molecule has 0 aliphatic heterocycles. The third kappa shape index (κ3) is 5.26. The number of aryl methyl sites for hydroxylation is 1. The summed E-state index contributed by atoms with van der Waals surface area (Å²) in [5.74, 6) is 0.488. The number of benzene rings is 2. The maximum Gasteiger partial charge on any atom is 0.328 e. The Morgan fingerprint density at radius 2 is 1.80 bits per heavy atom. The Bertz CT molecular complexity index is 1060. The Morgan fingerprint density at radius 3 is 2.50 bits per heavy atom. The number of nitrogens with zero attached hydrogens (tertiary/aromatic N) is 1. The molecular formula is C25H25NO4. The van der Waals surface area contributed by atoms with Gasteiger partial charge in [0.25, 0.3) is 0 Å². The quantitative estimate of drug-likeness (QED) is 0.484. The molecule has 0 aliphatic rings. The summed E-state index contributed by atoms with van der Waals surface area (Å²) in [4.78, 5) is 15.7. The molecule has 0 fully saturated rings. The average Bonchev–Trinajstić information content (AvgIpc) is 2.72. The summed E-state index contributed by atoms with van der Waals surface area (Å²) < 4.78 is 5.92. The molecule has 1 aromatic heterocycles. The number of pyridine rings is 1. The molecule has 0 radical (unpaired) electrons. The van der Waals surface area contributed by atoms with Gasteiger partial charge in [-0.05, 0) is 54.8 Å². The highest BCUT2D eigenvalue weighted by atomic mass is 16.5. The molecule has 2 N–H and O–H groups in total. The van der Waals surface area contributed by atoms with Gasteiger partial charge in [0.05, 0.1) is 5.69 Å². The molecule has 2 aromatic carbocycles. The third-order valence-electron chi connectivity index (χ3n) is 4.76. The molecular weight excluding hydrogens is 378 g/mol. The van der Waals surface area contributed by atoms with Crippen molar-refractivity contribution in [3.8, 4) is 17.2 Å². The van der Waals surface area contributed by atoms with Crippen LogP contribution in [0, 0.1) is 6.92 Å². The first kappa shape index (κ1) is 21.1. The van der Waals surface area contributed by atoms with Crippen LogP contribution in [0.1, 0.15) is 41.4 Å². The topological polar surface area (TPSA) is 79.7 Å². The average molecular weight is 403 g/mol. The van der Waals surface area contributed by atoms with Gasteiger partial charge in [-0.15, -0.1) is 0 Å². The highest BCUT2D eigenvalue weighted by molar-refractivity contribution is 5.86. The predicted molar refractivity (Wildman–Crippen MR) is 117 cm³/mol. The highest BCUT2D eigenvalue weighted by Gasteiger charge is 2.15. The van der Waals surface area contributed by atoms with Gasteiger partial charge in [-0.1, -0.05) is 43.7 Å². The predicted octanol–water partition coefficient (Wildman–Crippen LogP) is 5.53. The molecule has 1 heterocycles. The lowest BCUT2D eigenvalue weighted by atomic mass is 9.98. The smallest absolute Gasteiger partial charge is 0.328 e. The van der Waals surface area contributed by atoms with Gasteiger partial charge >= 0.3 is 5.97 Å². The molecule has 0 saturated heterocycles. The fourth-order valence-corrected chi connectivity index (χ4v) is 3.27. The second-order valence-electron chi connectivity index (χ2n) is 7.05. The highest BCUT2D eigenvalue weighted by Crippen LogP contribution is 2.30. The van der Waals surface area contributed by atoms with Crippen molar-refractivity contribution in [1.29, 1.82) is 0 Å². The van der Waals surface area contributed by atoms with Crippen molar-refractivity contribution in [3.63, 3.8) is 0 Å². The number of rotatable bonds is 8. The van der Waals surface area contributed by atoms with Crippen LogP contribution in [0.2, 0.25) is 0 Å². The van der Waals surface area contributed by atoms with Crippen LogP contribution in [0.4, 0.5) is 0 Å². The van der Waals surface area contributed by atoms with Crippen LogP contribution in [0.15, 0.2) is 60.7 Å². The molecule has 0 bridgehead atoms. The van der Waals surface area contributed by atoms with Crippen molar-refractivity contribution < 1.29 is 19.7 Å². The molecule has 0 amide bonds. The number of carboxylic acid groups (broad SMARTS) is 1. The maximum atomic E-state index is 11.0. The number of hydrogen-bond acceptors (Lipinski definition) is 4. The van der Waals surface area contributed by atoms with Crippen LogP contribution in [-0.2, 0) is 17.6 Å². The lowest BCUT2D eigenvalue weighted by Crippen LogP contribution is -2.04. The maximum absolute atomic E-state index is 11.0. The van der Waals surface area contributed by atoms with Crippen molar-refractivity contribution in [2.75, 3.05) is 0 Å². The largest absolute Gasteiger partial charge is 0.505 e. The first-order valence-electron chi connectivity index (χ1n) is 9.92. The van der Waals surface area contributed by atoms with E-state index in [1.165, 1.54) is 6.08 Å². The molecule has 0 spiro atoms. The van der Waals surface area contributed by atoms with E-state index >= 15 is 0 Å². The van der Waals surface area contributed by atoms with Gasteiger partial charge in [0.2, 0.25) is 0 Å². The fourth-order valence-electron chi connectivity index (χ4n) is 3.27. The van der Waals surface area contributed by atoms with Crippen LogP contribution in [0.3, 0.4) is 0 Å². The summed E-state index contributed by atoms with van der Waals surface area (Å²) in [7, 11) is 0. The fraction of sp³-hybridized carbons (Fsp3) is 0.200. The van der Waals surface area contributed by atoms with E-state index in [0.717, 1.165) is 40.8 Å². The Labute approximate surface area is 176 Å². The Balaban J connectivity index is 1.94. The molecule has 0 unspecified atom stereocenters. The zero-order valence-electron chi connectivity index (χ0n) is 17.1. The minimum atomic E-state index is -1.06.